The van der Waals surface area contributed by atoms with Crippen LogP contribution >= 0.6 is 0 Å². The molecule has 47 heavy (non-hydrogen) atoms. The third-order valence-electron chi connectivity index (χ3n) is 9.30. The molecule has 220 valence electrons. The summed E-state index contributed by atoms with van der Waals surface area (Å²) in [6, 6.07) is 64.9. The molecular formula is C46H30O. The summed E-state index contributed by atoms with van der Waals surface area (Å²) in [7, 11) is 0. The minimum atomic E-state index is 0.823. The van der Waals surface area contributed by atoms with Crippen LogP contribution < -0.4 is 4.74 Å². The van der Waals surface area contributed by atoms with Crippen LogP contribution in [0, 0.1) is 0 Å². The predicted octanol–water partition coefficient (Wildman–Crippen LogP) is 13.1. The predicted molar refractivity (Wildman–Crippen MR) is 199 cm³/mol. The molecule has 1 heteroatoms. The van der Waals surface area contributed by atoms with Crippen LogP contribution in [0.5, 0.6) is 11.5 Å². The summed E-state index contributed by atoms with van der Waals surface area (Å²) >= 11 is 0. The number of rotatable bonds is 5. The quantitative estimate of drug-likeness (QED) is 0.179. The molecule has 0 aliphatic rings. The van der Waals surface area contributed by atoms with Crippen LogP contribution in [0.25, 0.3) is 76.5 Å². The number of hydrogen-bond donors (Lipinski definition) is 0. The summed E-state index contributed by atoms with van der Waals surface area (Å²) in [4.78, 5) is 0. The average Bonchev–Trinajstić information content (AvgIpc) is 3.15. The fourth-order valence-electron chi connectivity index (χ4n) is 6.99. The lowest BCUT2D eigenvalue weighted by atomic mass is 9.89. The molecule has 0 aliphatic carbocycles. The zero-order valence-electron chi connectivity index (χ0n) is 25.7. The van der Waals surface area contributed by atoms with Gasteiger partial charge in [0.05, 0.1) is 0 Å². The molecule has 9 rings (SSSR count). The van der Waals surface area contributed by atoms with E-state index in [1.165, 1.54) is 60.0 Å². The second-order valence-electron chi connectivity index (χ2n) is 12.1. The van der Waals surface area contributed by atoms with Crippen molar-refractivity contribution >= 4 is 43.1 Å². The summed E-state index contributed by atoms with van der Waals surface area (Å²) in [5.74, 6) is 1.70. The second-order valence-corrected chi connectivity index (χ2v) is 12.1. The highest BCUT2D eigenvalue weighted by Crippen LogP contribution is 2.47. The molecule has 0 N–H and O–H groups in total. The van der Waals surface area contributed by atoms with Crippen molar-refractivity contribution in [3.8, 4) is 44.9 Å². The molecule has 1 nitrogen and oxygen atoms in total. The number of para-hydroxylation sites is 1. The van der Waals surface area contributed by atoms with Gasteiger partial charge in [0.15, 0.2) is 0 Å². The van der Waals surface area contributed by atoms with Crippen molar-refractivity contribution in [1.29, 1.82) is 0 Å². The van der Waals surface area contributed by atoms with Crippen molar-refractivity contribution in [1.82, 2.24) is 0 Å². The van der Waals surface area contributed by atoms with Gasteiger partial charge in [0.2, 0.25) is 0 Å². The van der Waals surface area contributed by atoms with E-state index < -0.39 is 0 Å². The SMILES string of the molecule is c1ccc(Oc2c(-c3cccc4cc(-c5ccc(-c6ccc7ccccc7c6)cc5)ccc34)c3ccccc3c3ccccc23)cc1. The first-order valence-corrected chi connectivity index (χ1v) is 16.1. The summed E-state index contributed by atoms with van der Waals surface area (Å²) in [5, 5.41) is 9.60. The van der Waals surface area contributed by atoms with E-state index in [-0.39, 0.29) is 0 Å². The minimum Gasteiger partial charge on any atom is -0.456 e. The lowest BCUT2D eigenvalue weighted by Gasteiger charge is -2.19. The van der Waals surface area contributed by atoms with Gasteiger partial charge in [0, 0.05) is 10.9 Å². The Morgan fingerprint density at radius 3 is 1.57 bits per heavy atom. The van der Waals surface area contributed by atoms with E-state index in [9.17, 15) is 0 Å². The van der Waals surface area contributed by atoms with Gasteiger partial charge in [0.25, 0.3) is 0 Å². The molecule has 0 amide bonds. The maximum absolute atomic E-state index is 6.80. The van der Waals surface area contributed by atoms with Crippen LogP contribution in [0.2, 0.25) is 0 Å². The highest BCUT2D eigenvalue weighted by atomic mass is 16.5. The molecule has 0 radical (unpaired) electrons. The van der Waals surface area contributed by atoms with Gasteiger partial charge in [-0.15, -0.1) is 0 Å². The fraction of sp³-hybridized carbons (Fsp3) is 0. The Bertz CT molecular complexity index is 2580. The van der Waals surface area contributed by atoms with Crippen molar-refractivity contribution in [3.05, 3.63) is 182 Å². The van der Waals surface area contributed by atoms with E-state index in [1.54, 1.807) is 0 Å². The first kappa shape index (κ1) is 27.2. The van der Waals surface area contributed by atoms with Crippen LogP contribution in [0.15, 0.2) is 182 Å². The smallest absolute Gasteiger partial charge is 0.143 e. The van der Waals surface area contributed by atoms with Gasteiger partial charge in [-0.25, -0.2) is 0 Å². The number of benzene rings is 9. The Morgan fingerprint density at radius 2 is 0.830 bits per heavy atom. The average molecular weight is 599 g/mol. The van der Waals surface area contributed by atoms with Gasteiger partial charge in [-0.05, 0) is 89.8 Å². The standard InChI is InChI=1S/C46H30O/c1-2-14-38(15-3-1)47-46-44-19-9-7-17-41(44)40-16-6-8-18-43(40)45(46)42-20-10-13-37-30-36(27-28-39(37)42)33-23-21-32(22-24-33)35-26-25-31-11-4-5-12-34(31)29-35/h1-30H. The molecule has 0 saturated carbocycles. The zero-order valence-corrected chi connectivity index (χ0v) is 25.7. The maximum Gasteiger partial charge on any atom is 0.143 e. The van der Waals surface area contributed by atoms with Gasteiger partial charge in [-0.2, -0.15) is 0 Å². The fourth-order valence-corrected chi connectivity index (χ4v) is 6.99. The van der Waals surface area contributed by atoms with Crippen LogP contribution in [0.3, 0.4) is 0 Å². The second kappa shape index (κ2) is 11.3. The molecule has 0 heterocycles. The summed E-state index contributed by atoms with van der Waals surface area (Å²) in [6.45, 7) is 0. The van der Waals surface area contributed by atoms with E-state index in [0.29, 0.717) is 0 Å². The van der Waals surface area contributed by atoms with Crippen molar-refractivity contribution in [3.63, 3.8) is 0 Å². The van der Waals surface area contributed by atoms with Crippen molar-refractivity contribution in [2.75, 3.05) is 0 Å². The molecule has 0 spiro atoms. The van der Waals surface area contributed by atoms with Crippen LogP contribution in [-0.4, -0.2) is 0 Å². The Hall–Kier alpha value is -6.18. The van der Waals surface area contributed by atoms with E-state index >= 15 is 0 Å². The molecule has 9 aromatic carbocycles. The van der Waals surface area contributed by atoms with Crippen molar-refractivity contribution in [2.45, 2.75) is 0 Å². The molecule has 9 aromatic rings. The lowest BCUT2D eigenvalue weighted by Crippen LogP contribution is -1.94. The Balaban J connectivity index is 1.17. The van der Waals surface area contributed by atoms with Crippen LogP contribution in [0.4, 0.5) is 0 Å². The molecule has 0 atom stereocenters. The lowest BCUT2D eigenvalue weighted by molar-refractivity contribution is 0.490. The molecule has 0 aromatic heterocycles. The van der Waals surface area contributed by atoms with Gasteiger partial charge in [-0.1, -0.05) is 158 Å². The highest BCUT2D eigenvalue weighted by molar-refractivity contribution is 6.20. The Labute approximate surface area is 273 Å². The summed E-state index contributed by atoms with van der Waals surface area (Å²) in [6.07, 6.45) is 0. The van der Waals surface area contributed by atoms with Crippen LogP contribution in [0.1, 0.15) is 0 Å². The first-order chi connectivity index (χ1) is 23.3. The van der Waals surface area contributed by atoms with Gasteiger partial charge >= 0.3 is 0 Å². The van der Waals surface area contributed by atoms with E-state index in [4.69, 9.17) is 4.74 Å². The molecular weight excluding hydrogens is 569 g/mol. The first-order valence-electron chi connectivity index (χ1n) is 16.1. The van der Waals surface area contributed by atoms with Gasteiger partial charge < -0.3 is 4.74 Å². The van der Waals surface area contributed by atoms with Gasteiger partial charge in [0.1, 0.15) is 11.5 Å². The Kier molecular flexibility index (Phi) is 6.54. The number of fused-ring (bicyclic) bond motifs is 5. The minimum absolute atomic E-state index is 0.823. The maximum atomic E-state index is 6.80. The molecule has 0 saturated heterocycles. The molecule has 0 fully saturated rings. The number of hydrogen-bond acceptors (Lipinski definition) is 1. The number of ether oxygens (including phenoxy) is 1. The third kappa shape index (κ3) is 4.81. The zero-order chi connectivity index (χ0) is 31.2. The topological polar surface area (TPSA) is 9.23 Å². The van der Waals surface area contributed by atoms with E-state index in [2.05, 4.69) is 152 Å². The molecule has 0 bridgehead atoms. The molecule has 0 aliphatic heterocycles. The largest absolute Gasteiger partial charge is 0.456 e. The van der Waals surface area contributed by atoms with E-state index in [1.807, 2.05) is 30.3 Å². The van der Waals surface area contributed by atoms with Gasteiger partial charge in [-0.3, -0.25) is 0 Å². The third-order valence-corrected chi connectivity index (χ3v) is 9.30. The summed E-state index contributed by atoms with van der Waals surface area (Å²) in [5.41, 5.74) is 7.12. The Morgan fingerprint density at radius 1 is 0.298 bits per heavy atom. The van der Waals surface area contributed by atoms with Crippen LogP contribution in [-0.2, 0) is 0 Å². The highest BCUT2D eigenvalue weighted by Gasteiger charge is 2.19. The van der Waals surface area contributed by atoms with Crippen molar-refractivity contribution in [2.24, 2.45) is 0 Å². The molecule has 0 unspecified atom stereocenters. The van der Waals surface area contributed by atoms with E-state index in [0.717, 1.165) is 28.0 Å². The van der Waals surface area contributed by atoms with Crippen molar-refractivity contribution < 1.29 is 4.74 Å². The monoisotopic (exact) mass is 598 g/mol. The normalized spacial score (nSPS) is 11.4. The summed E-state index contributed by atoms with van der Waals surface area (Å²) < 4.78 is 6.80.